The van der Waals surface area contributed by atoms with Crippen molar-refractivity contribution in [3.63, 3.8) is 0 Å². The Kier molecular flexibility index (Phi) is 3.52. The summed E-state index contributed by atoms with van der Waals surface area (Å²) < 4.78 is 1.95. The second-order valence-electron chi connectivity index (χ2n) is 2.67. The summed E-state index contributed by atoms with van der Waals surface area (Å²) in [4.78, 5) is 13.2. The lowest BCUT2D eigenvalue weighted by molar-refractivity contribution is 0.104. The quantitative estimate of drug-likeness (QED) is 0.693. The molecule has 2 aromatic rings. The molecule has 0 bridgehead atoms. The van der Waals surface area contributed by atoms with E-state index in [-0.39, 0.29) is 5.78 Å². The van der Waals surface area contributed by atoms with Crippen LogP contribution in [0, 0.1) is 0 Å². The molecule has 0 aromatic carbocycles. The Hall–Kier alpha value is 0.130. The van der Waals surface area contributed by atoms with E-state index in [9.17, 15) is 4.79 Å². The van der Waals surface area contributed by atoms with Crippen LogP contribution in [-0.2, 0) is 0 Å². The summed E-state index contributed by atoms with van der Waals surface area (Å²) in [6.45, 7) is 0. The Morgan fingerprint density at radius 2 is 1.93 bits per heavy atom. The summed E-state index contributed by atoms with van der Waals surface area (Å²) >= 11 is 17.4. The van der Waals surface area contributed by atoms with E-state index in [1.54, 1.807) is 18.2 Å². The summed E-state index contributed by atoms with van der Waals surface area (Å²) in [6.07, 6.45) is 0. The van der Waals surface area contributed by atoms with Crippen molar-refractivity contribution in [3.8, 4) is 0 Å². The lowest BCUT2D eigenvalue weighted by atomic mass is 10.3. The minimum atomic E-state index is -0.0375. The van der Waals surface area contributed by atoms with Gasteiger partial charge in [0.25, 0.3) is 0 Å². The fraction of sp³-hybridized carbons (Fsp3) is 0. The van der Waals surface area contributed by atoms with Gasteiger partial charge in [0, 0.05) is 4.47 Å². The molecule has 2 heterocycles. The van der Waals surface area contributed by atoms with Gasteiger partial charge in [0.2, 0.25) is 5.78 Å². The van der Waals surface area contributed by atoms with Gasteiger partial charge in [-0.15, -0.1) is 22.7 Å². The number of carbonyl (C=O) groups excluding carboxylic acids is 1. The third-order valence-electron chi connectivity index (χ3n) is 1.67. The van der Waals surface area contributed by atoms with Crippen LogP contribution in [0.2, 0.25) is 8.67 Å². The van der Waals surface area contributed by atoms with Crippen LogP contribution in [0.15, 0.2) is 22.7 Å². The van der Waals surface area contributed by atoms with E-state index < -0.39 is 0 Å². The molecule has 0 saturated heterocycles. The predicted octanol–water partition coefficient (Wildman–Crippen LogP) is 5.11. The van der Waals surface area contributed by atoms with Crippen molar-refractivity contribution in [3.05, 3.63) is 41.1 Å². The molecular weight excluding hydrogens is 339 g/mol. The predicted molar refractivity (Wildman–Crippen MR) is 69.8 cm³/mol. The Labute approximate surface area is 113 Å². The number of ketones is 1. The summed E-state index contributed by atoms with van der Waals surface area (Å²) in [5.74, 6) is -0.0375. The molecule has 0 radical (unpaired) electrons. The van der Waals surface area contributed by atoms with Crippen LogP contribution in [0.3, 0.4) is 0 Å². The van der Waals surface area contributed by atoms with Crippen molar-refractivity contribution < 1.29 is 4.79 Å². The van der Waals surface area contributed by atoms with Crippen molar-refractivity contribution >= 4 is 67.6 Å². The van der Waals surface area contributed by atoms with E-state index >= 15 is 0 Å². The summed E-state index contributed by atoms with van der Waals surface area (Å²) in [5.41, 5.74) is 0. The first-order valence-electron chi connectivity index (χ1n) is 3.83. The van der Waals surface area contributed by atoms with Gasteiger partial charge >= 0.3 is 0 Å². The van der Waals surface area contributed by atoms with E-state index in [1.165, 1.54) is 22.7 Å². The van der Waals surface area contributed by atoms with Gasteiger partial charge in [-0.05, 0) is 34.1 Å². The zero-order valence-electron chi connectivity index (χ0n) is 7.09. The van der Waals surface area contributed by atoms with E-state index in [4.69, 9.17) is 23.2 Å². The minimum absolute atomic E-state index is 0.0375. The van der Waals surface area contributed by atoms with Crippen LogP contribution in [0.5, 0.6) is 0 Å². The molecule has 0 N–H and O–H groups in total. The van der Waals surface area contributed by atoms with Crippen molar-refractivity contribution in [1.29, 1.82) is 0 Å². The van der Waals surface area contributed by atoms with E-state index in [2.05, 4.69) is 15.9 Å². The molecular formula is C9H3BrCl2OS2. The van der Waals surface area contributed by atoms with E-state index in [1.807, 2.05) is 0 Å². The molecule has 78 valence electrons. The molecule has 0 fully saturated rings. The highest BCUT2D eigenvalue weighted by molar-refractivity contribution is 9.10. The maximum atomic E-state index is 11.9. The molecule has 0 aliphatic heterocycles. The molecule has 15 heavy (non-hydrogen) atoms. The number of rotatable bonds is 2. The number of hydrogen-bond donors (Lipinski definition) is 0. The molecule has 6 heteroatoms. The molecule has 0 aliphatic carbocycles. The standard InChI is InChI=1S/C9H3BrCl2OS2/c10-4-3-6(15-9(4)12)8(13)5-1-2-7(11)14-5/h1-3H. The second-order valence-corrected chi connectivity index (χ2v) is 6.89. The monoisotopic (exact) mass is 340 g/mol. The SMILES string of the molecule is O=C(c1ccc(Cl)s1)c1cc(Br)c(Cl)s1. The molecule has 0 unspecified atom stereocenters. The van der Waals surface area contributed by atoms with Gasteiger partial charge in [0.15, 0.2) is 0 Å². The average Bonchev–Trinajstić information content (AvgIpc) is 2.74. The van der Waals surface area contributed by atoms with Crippen LogP contribution in [-0.4, -0.2) is 5.78 Å². The van der Waals surface area contributed by atoms with Gasteiger partial charge < -0.3 is 0 Å². The van der Waals surface area contributed by atoms with Crippen molar-refractivity contribution in [1.82, 2.24) is 0 Å². The highest BCUT2D eigenvalue weighted by Crippen LogP contribution is 2.34. The van der Waals surface area contributed by atoms with Gasteiger partial charge in [-0.25, -0.2) is 0 Å². The van der Waals surface area contributed by atoms with Crippen molar-refractivity contribution in [2.24, 2.45) is 0 Å². The summed E-state index contributed by atoms with van der Waals surface area (Å²) in [5, 5.41) is 0. The Morgan fingerprint density at radius 3 is 2.40 bits per heavy atom. The number of carbonyl (C=O) groups is 1. The fourth-order valence-electron chi connectivity index (χ4n) is 1.02. The maximum absolute atomic E-state index is 11.9. The summed E-state index contributed by atoms with van der Waals surface area (Å²) in [7, 11) is 0. The van der Waals surface area contributed by atoms with E-state index in [0.29, 0.717) is 18.4 Å². The average molecular weight is 342 g/mol. The topological polar surface area (TPSA) is 17.1 Å². The zero-order valence-corrected chi connectivity index (χ0v) is 11.8. The first-order chi connectivity index (χ1) is 7.08. The van der Waals surface area contributed by atoms with E-state index in [0.717, 1.165) is 4.47 Å². The third-order valence-corrected chi connectivity index (χ3v) is 5.37. The lowest BCUT2D eigenvalue weighted by Gasteiger charge is -1.90. The Bertz CT molecular complexity index is 498. The summed E-state index contributed by atoms with van der Waals surface area (Å²) in [6, 6.07) is 5.16. The Balaban J connectivity index is 2.36. The number of thiophene rings is 2. The second kappa shape index (κ2) is 4.55. The zero-order chi connectivity index (χ0) is 11.0. The first kappa shape index (κ1) is 11.6. The third kappa shape index (κ3) is 2.45. The Morgan fingerprint density at radius 1 is 1.20 bits per heavy atom. The van der Waals surface area contributed by atoms with Crippen molar-refractivity contribution in [2.75, 3.05) is 0 Å². The smallest absolute Gasteiger partial charge is 0.213 e. The van der Waals surface area contributed by atoms with Gasteiger partial charge in [-0.1, -0.05) is 23.2 Å². The van der Waals surface area contributed by atoms with Crippen molar-refractivity contribution in [2.45, 2.75) is 0 Å². The largest absolute Gasteiger partial charge is 0.287 e. The van der Waals surface area contributed by atoms with Gasteiger partial charge in [0.05, 0.1) is 14.1 Å². The number of halogens is 3. The number of hydrogen-bond acceptors (Lipinski definition) is 3. The normalized spacial score (nSPS) is 10.6. The highest BCUT2D eigenvalue weighted by atomic mass is 79.9. The lowest BCUT2D eigenvalue weighted by Crippen LogP contribution is -1.93. The molecule has 0 atom stereocenters. The van der Waals surface area contributed by atoms with Gasteiger partial charge in [-0.3, -0.25) is 4.79 Å². The maximum Gasteiger partial charge on any atom is 0.213 e. The molecule has 2 rings (SSSR count). The van der Waals surface area contributed by atoms with Gasteiger partial charge in [-0.2, -0.15) is 0 Å². The molecule has 0 saturated carbocycles. The molecule has 0 aliphatic rings. The molecule has 1 nitrogen and oxygen atoms in total. The molecule has 0 spiro atoms. The van der Waals surface area contributed by atoms with Crippen LogP contribution in [0.25, 0.3) is 0 Å². The van der Waals surface area contributed by atoms with Crippen LogP contribution in [0.1, 0.15) is 14.5 Å². The molecule has 0 amide bonds. The molecule has 2 aromatic heterocycles. The highest BCUT2D eigenvalue weighted by Gasteiger charge is 2.15. The van der Waals surface area contributed by atoms with Gasteiger partial charge in [0.1, 0.15) is 4.34 Å². The minimum Gasteiger partial charge on any atom is -0.287 e. The van der Waals surface area contributed by atoms with Crippen LogP contribution < -0.4 is 0 Å². The first-order valence-corrected chi connectivity index (χ1v) is 7.01. The van der Waals surface area contributed by atoms with Crippen LogP contribution in [0.4, 0.5) is 0 Å². The fourth-order valence-corrected chi connectivity index (χ4v) is 3.73. The van der Waals surface area contributed by atoms with Crippen LogP contribution >= 0.6 is 61.8 Å².